The number of aliphatic hydroxyl groups excluding tert-OH is 1. The van der Waals surface area contributed by atoms with E-state index < -0.39 is 17.8 Å². The standard InChI is InChI=1S/C25H25F3N2OS/c1-16(2)20-5-3-4-6-22(20)32-23-8-7-17(13-21(23)25(26,27)28)18-9-11-29-24(14-18)30-12-10-19(31)15-30/h3-9,11,13-14,16,19,31H,10,12,15H2,1-2H3. The molecule has 0 aliphatic carbocycles. The summed E-state index contributed by atoms with van der Waals surface area (Å²) in [5, 5.41) is 9.78. The van der Waals surface area contributed by atoms with Crippen molar-refractivity contribution < 1.29 is 18.3 Å². The Morgan fingerprint density at radius 2 is 1.78 bits per heavy atom. The average Bonchev–Trinajstić information content (AvgIpc) is 3.20. The number of anilines is 1. The van der Waals surface area contributed by atoms with Crippen LogP contribution in [0.5, 0.6) is 0 Å². The molecule has 4 rings (SSSR count). The molecule has 3 nitrogen and oxygen atoms in total. The molecule has 3 aromatic rings. The molecule has 2 aromatic carbocycles. The first-order valence-electron chi connectivity index (χ1n) is 10.6. The van der Waals surface area contributed by atoms with Gasteiger partial charge in [0, 0.05) is 29.1 Å². The number of hydrogen-bond acceptors (Lipinski definition) is 4. The molecule has 32 heavy (non-hydrogen) atoms. The first-order chi connectivity index (χ1) is 15.2. The normalized spacial score (nSPS) is 16.7. The molecule has 1 aliphatic heterocycles. The largest absolute Gasteiger partial charge is 0.417 e. The maximum Gasteiger partial charge on any atom is 0.417 e. The Balaban J connectivity index is 1.70. The van der Waals surface area contributed by atoms with Gasteiger partial charge < -0.3 is 10.0 Å². The highest BCUT2D eigenvalue weighted by Gasteiger charge is 2.34. The summed E-state index contributed by atoms with van der Waals surface area (Å²) in [6.07, 6.45) is -2.61. The minimum Gasteiger partial charge on any atom is -0.391 e. The Bertz CT molecular complexity index is 1100. The zero-order valence-corrected chi connectivity index (χ0v) is 18.7. The number of benzene rings is 2. The van der Waals surface area contributed by atoms with Crippen molar-refractivity contribution in [2.75, 3.05) is 18.0 Å². The number of halogens is 3. The summed E-state index contributed by atoms with van der Waals surface area (Å²) in [7, 11) is 0. The topological polar surface area (TPSA) is 36.4 Å². The minimum absolute atomic E-state index is 0.186. The van der Waals surface area contributed by atoms with Gasteiger partial charge in [0.25, 0.3) is 0 Å². The number of nitrogens with zero attached hydrogens (tertiary/aromatic N) is 2. The van der Waals surface area contributed by atoms with Crippen molar-refractivity contribution in [3.8, 4) is 11.1 Å². The van der Waals surface area contributed by atoms with E-state index in [1.165, 1.54) is 6.07 Å². The van der Waals surface area contributed by atoms with E-state index in [2.05, 4.69) is 4.98 Å². The van der Waals surface area contributed by atoms with E-state index in [4.69, 9.17) is 0 Å². The van der Waals surface area contributed by atoms with Crippen LogP contribution in [0, 0.1) is 0 Å². The molecule has 1 unspecified atom stereocenters. The van der Waals surface area contributed by atoms with Gasteiger partial charge in [0.15, 0.2) is 0 Å². The fourth-order valence-corrected chi connectivity index (χ4v) is 5.14. The Morgan fingerprint density at radius 1 is 1.03 bits per heavy atom. The summed E-state index contributed by atoms with van der Waals surface area (Å²) in [5.41, 5.74) is 1.54. The maximum atomic E-state index is 14.0. The second-order valence-corrected chi connectivity index (χ2v) is 9.38. The molecule has 1 saturated heterocycles. The van der Waals surface area contributed by atoms with Crippen LogP contribution in [0.2, 0.25) is 0 Å². The lowest BCUT2D eigenvalue weighted by molar-refractivity contribution is -0.139. The van der Waals surface area contributed by atoms with Gasteiger partial charge in [-0.1, -0.05) is 49.9 Å². The van der Waals surface area contributed by atoms with Gasteiger partial charge in [-0.15, -0.1) is 0 Å². The summed E-state index contributed by atoms with van der Waals surface area (Å²) in [4.78, 5) is 7.31. The van der Waals surface area contributed by atoms with Crippen LogP contribution >= 0.6 is 11.8 Å². The molecule has 1 atom stereocenters. The number of rotatable bonds is 5. The van der Waals surface area contributed by atoms with Crippen LogP contribution in [0.25, 0.3) is 11.1 Å². The molecule has 1 fully saturated rings. The lowest BCUT2D eigenvalue weighted by atomic mass is 10.0. The van der Waals surface area contributed by atoms with Crippen LogP contribution < -0.4 is 4.90 Å². The predicted octanol–water partition coefficient (Wildman–Crippen LogP) is 6.61. The maximum absolute atomic E-state index is 14.0. The molecular formula is C25H25F3N2OS. The third-order valence-corrected chi connectivity index (χ3v) is 6.78. The third-order valence-electron chi connectivity index (χ3n) is 5.61. The Hall–Kier alpha value is -2.51. The molecule has 1 N–H and O–H groups in total. The molecule has 0 radical (unpaired) electrons. The number of alkyl halides is 3. The van der Waals surface area contributed by atoms with Crippen LogP contribution in [0.4, 0.5) is 19.0 Å². The molecule has 0 amide bonds. The van der Waals surface area contributed by atoms with Gasteiger partial charge in [-0.05, 0) is 59.4 Å². The quantitative estimate of drug-likeness (QED) is 0.467. The van der Waals surface area contributed by atoms with Crippen molar-refractivity contribution >= 4 is 17.6 Å². The zero-order chi connectivity index (χ0) is 22.9. The van der Waals surface area contributed by atoms with Crippen LogP contribution in [0.15, 0.2) is 70.6 Å². The molecular weight excluding hydrogens is 433 g/mol. The van der Waals surface area contributed by atoms with E-state index in [1.54, 1.807) is 30.5 Å². The molecule has 0 bridgehead atoms. The van der Waals surface area contributed by atoms with Crippen molar-refractivity contribution in [2.24, 2.45) is 0 Å². The molecule has 7 heteroatoms. The Labute approximate surface area is 190 Å². The number of pyridine rings is 1. The molecule has 1 aliphatic rings. The number of β-amino-alcohol motifs (C(OH)–C–C–N with tert-alkyl or cyclic N) is 1. The molecule has 1 aromatic heterocycles. The van der Waals surface area contributed by atoms with Gasteiger partial charge in [0.1, 0.15) is 5.82 Å². The fourth-order valence-electron chi connectivity index (χ4n) is 3.91. The number of aliphatic hydroxyl groups is 1. The van der Waals surface area contributed by atoms with E-state index in [-0.39, 0.29) is 10.8 Å². The first-order valence-corrected chi connectivity index (χ1v) is 11.4. The van der Waals surface area contributed by atoms with Crippen LogP contribution in [0.1, 0.15) is 37.3 Å². The Kier molecular flexibility index (Phi) is 6.49. The van der Waals surface area contributed by atoms with Crippen molar-refractivity contribution in [1.29, 1.82) is 0 Å². The van der Waals surface area contributed by atoms with Crippen molar-refractivity contribution in [1.82, 2.24) is 4.98 Å². The molecule has 168 valence electrons. The Morgan fingerprint density at radius 3 is 2.47 bits per heavy atom. The van der Waals surface area contributed by atoms with E-state index in [0.717, 1.165) is 22.2 Å². The van der Waals surface area contributed by atoms with Crippen LogP contribution in [-0.2, 0) is 6.18 Å². The van der Waals surface area contributed by atoms with Gasteiger partial charge in [-0.2, -0.15) is 13.2 Å². The highest BCUT2D eigenvalue weighted by molar-refractivity contribution is 7.99. The fraction of sp³-hybridized carbons (Fsp3) is 0.320. The molecule has 2 heterocycles. The summed E-state index contributed by atoms with van der Waals surface area (Å²) in [6.45, 7) is 5.23. The second kappa shape index (κ2) is 9.16. The number of hydrogen-bond donors (Lipinski definition) is 1. The average molecular weight is 459 g/mol. The van der Waals surface area contributed by atoms with E-state index >= 15 is 0 Å². The monoisotopic (exact) mass is 458 g/mol. The van der Waals surface area contributed by atoms with E-state index in [9.17, 15) is 18.3 Å². The summed E-state index contributed by atoms with van der Waals surface area (Å²) >= 11 is 1.16. The highest BCUT2D eigenvalue weighted by atomic mass is 32.2. The minimum atomic E-state index is -4.47. The SMILES string of the molecule is CC(C)c1ccccc1Sc1ccc(-c2ccnc(N3CCC(O)C3)c2)cc1C(F)(F)F. The van der Waals surface area contributed by atoms with Gasteiger partial charge in [-0.3, -0.25) is 0 Å². The number of aromatic nitrogens is 1. The molecule has 0 saturated carbocycles. The summed E-state index contributed by atoms with van der Waals surface area (Å²) < 4.78 is 42.0. The summed E-state index contributed by atoms with van der Waals surface area (Å²) in [5.74, 6) is 0.878. The van der Waals surface area contributed by atoms with Crippen LogP contribution in [-0.4, -0.2) is 29.3 Å². The molecule has 0 spiro atoms. The lowest BCUT2D eigenvalue weighted by Crippen LogP contribution is -2.22. The second-order valence-electron chi connectivity index (χ2n) is 8.29. The van der Waals surface area contributed by atoms with E-state index in [1.807, 2.05) is 43.0 Å². The first kappa shape index (κ1) is 22.7. The van der Waals surface area contributed by atoms with Gasteiger partial charge in [0.05, 0.1) is 11.7 Å². The van der Waals surface area contributed by atoms with Crippen LogP contribution in [0.3, 0.4) is 0 Å². The van der Waals surface area contributed by atoms with Gasteiger partial charge >= 0.3 is 6.18 Å². The predicted molar refractivity (Wildman–Crippen MR) is 122 cm³/mol. The van der Waals surface area contributed by atoms with Crippen molar-refractivity contribution in [2.45, 2.75) is 48.3 Å². The highest BCUT2D eigenvalue weighted by Crippen LogP contribution is 2.43. The summed E-state index contributed by atoms with van der Waals surface area (Å²) in [6, 6.07) is 15.6. The lowest BCUT2D eigenvalue weighted by Gasteiger charge is -2.19. The van der Waals surface area contributed by atoms with E-state index in [0.29, 0.717) is 36.5 Å². The van der Waals surface area contributed by atoms with Gasteiger partial charge in [-0.25, -0.2) is 4.98 Å². The van der Waals surface area contributed by atoms with Gasteiger partial charge in [0.2, 0.25) is 0 Å². The van der Waals surface area contributed by atoms with Crippen molar-refractivity contribution in [3.05, 3.63) is 71.9 Å². The zero-order valence-electron chi connectivity index (χ0n) is 17.9. The van der Waals surface area contributed by atoms with Crippen molar-refractivity contribution in [3.63, 3.8) is 0 Å². The third kappa shape index (κ3) is 4.94. The smallest absolute Gasteiger partial charge is 0.391 e.